The molecule has 0 aliphatic carbocycles. The van der Waals surface area contributed by atoms with E-state index in [1.54, 1.807) is 24.3 Å². The first-order valence-electron chi connectivity index (χ1n) is 11.3. The van der Waals surface area contributed by atoms with E-state index in [0.29, 0.717) is 31.1 Å². The maximum atomic E-state index is 11.4. The molecule has 0 aliphatic rings. The van der Waals surface area contributed by atoms with Crippen LogP contribution in [0.1, 0.15) is 29.0 Å². The van der Waals surface area contributed by atoms with Crippen LogP contribution in [0.15, 0.2) is 94.5 Å². The molecule has 1 aromatic heterocycles. The molecule has 4 rings (SSSR count). The number of rotatable bonds is 11. The fourth-order valence-corrected chi connectivity index (χ4v) is 3.43. The van der Waals surface area contributed by atoms with Gasteiger partial charge in [-0.1, -0.05) is 65.8 Å². The highest BCUT2D eigenvalue weighted by Gasteiger charge is 2.13. The lowest BCUT2D eigenvalue weighted by atomic mass is 10.1. The molecule has 7 nitrogen and oxygen atoms in total. The van der Waals surface area contributed by atoms with E-state index < -0.39 is 5.97 Å². The van der Waals surface area contributed by atoms with Gasteiger partial charge in [0.15, 0.2) is 5.71 Å². The fourth-order valence-electron chi connectivity index (χ4n) is 3.43. The average molecular weight is 471 g/mol. The van der Waals surface area contributed by atoms with Crippen molar-refractivity contribution in [1.82, 2.24) is 4.98 Å². The number of nitrogens with zero attached hydrogens (tertiary/aromatic N) is 2. The Labute approximate surface area is 203 Å². The topological polar surface area (TPSA) is 94.2 Å². The summed E-state index contributed by atoms with van der Waals surface area (Å²) in [5.41, 5.74) is 3.22. The van der Waals surface area contributed by atoms with Gasteiger partial charge in [0.25, 0.3) is 0 Å². The number of oxime groups is 1. The third kappa shape index (κ3) is 6.57. The number of aromatic nitrogens is 1. The number of carbonyl (C=O) groups is 1. The first kappa shape index (κ1) is 23.8. The van der Waals surface area contributed by atoms with Gasteiger partial charge < -0.3 is 19.1 Å². The second kappa shape index (κ2) is 11.7. The number of aryl methyl sites for hydroxylation is 2. The molecule has 3 aromatic carbocycles. The zero-order chi connectivity index (χ0) is 24.5. The lowest BCUT2D eigenvalue weighted by Gasteiger charge is -2.06. The van der Waals surface area contributed by atoms with Gasteiger partial charge in [0.05, 0.1) is 0 Å². The highest BCUT2D eigenvalue weighted by Crippen LogP contribution is 2.23. The highest BCUT2D eigenvalue weighted by molar-refractivity contribution is 6.42. The number of oxazole rings is 1. The number of carboxylic acid groups (broad SMARTS) is 1. The van der Waals surface area contributed by atoms with Crippen LogP contribution in [0.25, 0.3) is 11.5 Å². The Bertz CT molecular complexity index is 1270. The Kier molecular flexibility index (Phi) is 7.91. The summed E-state index contributed by atoms with van der Waals surface area (Å²) in [6.45, 7) is 2.52. The van der Waals surface area contributed by atoms with Gasteiger partial charge in [-0.05, 0) is 49.6 Å². The summed E-state index contributed by atoms with van der Waals surface area (Å²) in [5, 5.41) is 13.1. The Morgan fingerprint density at radius 3 is 2.34 bits per heavy atom. The van der Waals surface area contributed by atoms with E-state index in [1.165, 1.54) is 0 Å². The van der Waals surface area contributed by atoms with Crippen molar-refractivity contribution in [3.8, 4) is 17.2 Å². The number of hydrogen-bond donors (Lipinski definition) is 1. The lowest BCUT2D eigenvalue weighted by molar-refractivity contribution is -0.129. The Hall–Kier alpha value is -4.39. The minimum atomic E-state index is -1.12. The molecule has 35 heavy (non-hydrogen) atoms. The van der Waals surface area contributed by atoms with E-state index in [2.05, 4.69) is 10.1 Å². The van der Waals surface area contributed by atoms with Crippen molar-refractivity contribution in [2.75, 3.05) is 6.61 Å². The molecule has 0 bridgehead atoms. The minimum absolute atomic E-state index is 0.106. The van der Waals surface area contributed by atoms with Crippen LogP contribution in [0.5, 0.6) is 5.75 Å². The highest BCUT2D eigenvalue weighted by atomic mass is 16.6. The van der Waals surface area contributed by atoms with Crippen LogP contribution in [-0.4, -0.2) is 28.4 Å². The SMILES string of the molecule is Cc1oc(-c2ccccc2)nc1COc1ccc(CCCON=C(C(=O)O)c2ccccc2)cc1. The van der Waals surface area contributed by atoms with Gasteiger partial charge in [0.2, 0.25) is 5.89 Å². The van der Waals surface area contributed by atoms with Crippen LogP contribution < -0.4 is 4.74 Å². The van der Waals surface area contributed by atoms with Gasteiger partial charge in [0.1, 0.15) is 30.4 Å². The quantitative estimate of drug-likeness (QED) is 0.172. The average Bonchev–Trinajstić information content (AvgIpc) is 3.27. The van der Waals surface area contributed by atoms with E-state index in [9.17, 15) is 9.90 Å². The summed E-state index contributed by atoms with van der Waals surface area (Å²) < 4.78 is 11.7. The summed E-state index contributed by atoms with van der Waals surface area (Å²) in [5.74, 6) is 0.945. The van der Waals surface area contributed by atoms with Gasteiger partial charge in [-0.25, -0.2) is 9.78 Å². The Morgan fingerprint density at radius 2 is 1.66 bits per heavy atom. The maximum Gasteiger partial charge on any atom is 0.358 e. The van der Waals surface area contributed by atoms with E-state index >= 15 is 0 Å². The van der Waals surface area contributed by atoms with Crippen LogP contribution >= 0.6 is 0 Å². The molecule has 0 atom stereocenters. The molecule has 0 radical (unpaired) electrons. The molecule has 0 aliphatic heterocycles. The van der Waals surface area contributed by atoms with E-state index in [4.69, 9.17) is 14.0 Å². The van der Waals surface area contributed by atoms with Crippen molar-refractivity contribution in [3.05, 3.63) is 108 Å². The molecule has 0 fully saturated rings. The molecule has 0 spiro atoms. The smallest absolute Gasteiger partial charge is 0.358 e. The summed E-state index contributed by atoms with van der Waals surface area (Å²) >= 11 is 0. The van der Waals surface area contributed by atoms with Crippen LogP contribution in [-0.2, 0) is 22.7 Å². The van der Waals surface area contributed by atoms with Crippen LogP contribution in [0, 0.1) is 6.92 Å². The second-order valence-electron chi connectivity index (χ2n) is 7.87. The molecule has 7 heteroatoms. The zero-order valence-corrected chi connectivity index (χ0v) is 19.4. The number of aliphatic carboxylic acids is 1. The third-order valence-corrected chi connectivity index (χ3v) is 5.32. The summed E-state index contributed by atoms with van der Waals surface area (Å²) in [7, 11) is 0. The summed E-state index contributed by atoms with van der Waals surface area (Å²) in [4.78, 5) is 21.2. The predicted octanol–water partition coefficient (Wildman–Crippen LogP) is 5.67. The van der Waals surface area contributed by atoms with Crippen LogP contribution in [0.3, 0.4) is 0 Å². The van der Waals surface area contributed by atoms with Crippen molar-refractivity contribution in [3.63, 3.8) is 0 Å². The van der Waals surface area contributed by atoms with Crippen LogP contribution in [0.2, 0.25) is 0 Å². The number of ether oxygens (including phenoxy) is 1. The van der Waals surface area contributed by atoms with Crippen molar-refractivity contribution in [2.24, 2.45) is 5.16 Å². The summed E-state index contributed by atoms with van der Waals surface area (Å²) in [6, 6.07) is 26.3. The molecule has 1 N–H and O–H groups in total. The standard InChI is InChI=1S/C28H26N2O5/c1-20-25(29-27(35-20)23-12-6-3-7-13-23)19-33-24-16-14-21(15-17-24)9-8-18-34-30-26(28(31)32)22-10-4-2-5-11-22/h2-7,10-17H,8-9,18-19H2,1H3,(H,31,32). The maximum absolute atomic E-state index is 11.4. The first-order chi connectivity index (χ1) is 17.1. The fraction of sp³-hybridized carbons (Fsp3) is 0.179. The Morgan fingerprint density at radius 1 is 0.971 bits per heavy atom. The largest absolute Gasteiger partial charge is 0.487 e. The van der Waals surface area contributed by atoms with E-state index in [0.717, 1.165) is 34.8 Å². The molecule has 0 saturated heterocycles. The van der Waals surface area contributed by atoms with Gasteiger partial charge in [-0.2, -0.15) is 0 Å². The molecular weight excluding hydrogens is 444 g/mol. The summed E-state index contributed by atoms with van der Waals surface area (Å²) in [6.07, 6.45) is 1.47. The second-order valence-corrected chi connectivity index (χ2v) is 7.87. The molecule has 178 valence electrons. The monoisotopic (exact) mass is 470 g/mol. The Balaban J connectivity index is 1.24. The molecular formula is C28H26N2O5. The van der Waals surface area contributed by atoms with Gasteiger partial charge in [-0.15, -0.1) is 0 Å². The number of carboxylic acids is 1. The number of hydrogen-bond acceptors (Lipinski definition) is 6. The minimum Gasteiger partial charge on any atom is -0.487 e. The molecule has 1 heterocycles. The first-order valence-corrected chi connectivity index (χ1v) is 11.3. The molecule has 0 saturated carbocycles. The predicted molar refractivity (Wildman–Crippen MR) is 132 cm³/mol. The van der Waals surface area contributed by atoms with Crippen molar-refractivity contribution in [2.45, 2.75) is 26.4 Å². The third-order valence-electron chi connectivity index (χ3n) is 5.32. The zero-order valence-electron chi connectivity index (χ0n) is 19.4. The number of benzene rings is 3. The van der Waals surface area contributed by atoms with E-state index in [-0.39, 0.29) is 5.71 Å². The van der Waals surface area contributed by atoms with Gasteiger partial charge in [-0.3, -0.25) is 0 Å². The van der Waals surface area contributed by atoms with Crippen molar-refractivity contribution in [1.29, 1.82) is 0 Å². The van der Waals surface area contributed by atoms with Crippen molar-refractivity contribution >= 4 is 11.7 Å². The normalized spacial score (nSPS) is 11.3. The van der Waals surface area contributed by atoms with Crippen molar-refractivity contribution < 1.29 is 23.9 Å². The lowest BCUT2D eigenvalue weighted by Crippen LogP contribution is -2.15. The molecule has 4 aromatic rings. The molecule has 0 amide bonds. The molecule has 0 unspecified atom stereocenters. The van der Waals surface area contributed by atoms with E-state index in [1.807, 2.05) is 67.6 Å². The van der Waals surface area contributed by atoms with Gasteiger partial charge >= 0.3 is 5.97 Å². The van der Waals surface area contributed by atoms with Gasteiger partial charge in [0, 0.05) is 11.1 Å². The van der Waals surface area contributed by atoms with Crippen LogP contribution in [0.4, 0.5) is 0 Å².